The number of hydrogen-bond donors (Lipinski definition) is 2. The summed E-state index contributed by atoms with van der Waals surface area (Å²) in [6, 6.07) is 5.72. The SMILES string of the molecule is CCNC(=O)[C@@H](COC)NC(=O)c1ccc(Cl)cc1. The number of ether oxygens (including phenoxy) is 1. The molecule has 2 amide bonds. The van der Waals surface area contributed by atoms with Gasteiger partial charge in [0.25, 0.3) is 5.91 Å². The first kappa shape index (κ1) is 15.5. The molecule has 0 radical (unpaired) electrons. The molecule has 6 heteroatoms. The molecule has 19 heavy (non-hydrogen) atoms. The Morgan fingerprint density at radius 3 is 2.47 bits per heavy atom. The first-order chi connectivity index (χ1) is 9.08. The lowest BCUT2D eigenvalue weighted by Gasteiger charge is -2.17. The Labute approximate surface area is 117 Å². The average molecular weight is 285 g/mol. The van der Waals surface area contributed by atoms with Gasteiger partial charge in [-0.15, -0.1) is 0 Å². The van der Waals surface area contributed by atoms with E-state index in [9.17, 15) is 9.59 Å². The van der Waals surface area contributed by atoms with Crippen LogP contribution in [0.3, 0.4) is 0 Å². The standard InChI is InChI=1S/C13H17ClN2O3/c1-3-15-13(18)11(8-19-2)16-12(17)9-4-6-10(14)7-5-9/h4-7,11H,3,8H2,1-2H3,(H,15,18)(H,16,17)/t11-/m1/s1. The summed E-state index contributed by atoms with van der Waals surface area (Å²) < 4.78 is 4.93. The maximum Gasteiger partial charge on any atom is 0.251 e. The third-order valence-electron chi connectivity index (χ3n) is 2.41. The lowest BCUT2D eigenvalue weighted by atomic mass is 10.2. The van der Waals surface area contributed by atoms with E-state index in [0.717, 1.165) is 0 Å². The Bertz CT molecular complexity index is 434. The highest BCUT2D eigenvalue weighted by Crippen LogP contribution is 2.09. The number of hydrogen-bond acceptors (Lipinski definition) is 3. The fourth-order valence-electron chi connectivity index (χ4n) is 1.49. The molecular formula is C13H17ClN2O3. The molecule has 1 atom stereocenters. The van der Waals surface area contributed by atoms with Crippen molar-refractivity contribution in [3.63, 3.8) is 0 Å². The molecule has 0 aliphatic carbocycles. The van der Waals surface area contributed by atoms with Crippen LogP contribution in [0.1, 0.15) is 17.3 Å². The van der Waals surface area contributed by atoms with Crippen LogP contribution in [0.2, 0.25) is 5.02 Å². The smallest absolute Gasteiger partial charge is 0.251 e. The Hall–Kier alpha value is -1.59. The van der Waals surface area contributed by atoms with E-state index < -0.39 is 6.04 Å². The molecule has 1 rings (SSSR count). The first-order valence-electron chi connectivity index (χ1n) is 5.91. The number of carbonyl (C=O) groups excluding carboxylic acids is 2. The molecular weight excluding hydrogens is 268 g/mol. The van der Waals surface area contributed by atoms with E-state index in [-0.39, 0.29) is 18.4 Å². The molecule has 0 aromatic heterocycles. The van der Waals surface area contributed by atoms with Crippen LogP contribution in [0.15, 0.2) is 24.3 Å². The van der Waals surface area contributed by atoms with Crippen LogP contribution in [0.4, 0.5) is 0 Å². The van der Waals surface area contributed by atoms with Gasteiger partial charge in [0.2, 0.25) is 5.91 Å². The third kappa shape index (κ3) is 4.89. The molecule has 0 saturated heterocycles. The summed E-state index contributed by atoms with van der Waals surface area (Å²) in [5.74, 6) is -0.614. The van der Waals surface area contributed by atoms with Crippen molar-refractivity contribution in [2.45, 2.75) is 13.0 Å². The normalized spacial score (nSPS) is 11.7. The van der Waals surface area contributed by atoms with Crippen LogP contribution >= 0.6 is 11.6 Å². The largest absolute Gasteiger partial charge is 0.382 e. The van der Waals surface area contributed by atoms with Gasteiger partial charge in [-0.05, 0) is 31.2 Å². The van der Waals surface area contributed by atoms with Crippen molar-refractivity contribution in [2.24, 2.45) is 0 Å². The van der Waals surface area contributed by atoms with Gasteiger partial charge in [0.15, 0.2) is 0 Å². The zero-order valence-electron chi connectivity index (χ0n) is 10.9. The van der Waals surface area contributed by atoms with Crippen LogP contribution in [-0.2, 0) is 9.53 Å². The minimum atomic E-state index is -0.715. The Balaban J connectivity index is 2.70. The van der Waals surface area contributed by atoms with Crippen LogP contribution in [0.25, 0.3) is 0 Å². The number of methoxy groups -OCH3 is 1. The lowest BCUT2D eigenvalue weighted by molar-refractivity contribution is -0.124. The number of nitrogens with one attached hydrogen (secondary N) is 2. The Morgan fingerprint density at radius 2 is 1.95 bits per heavy atom. The summed E-state index contributed by atoms with van der Waals surface area (Å²) >= 11 is 5.75. The second kappa shape index (κ2) is 7.76. The van der Waals surface area contributed by atoms with Crippen LogP contribution < -0.4 is 10.6 Å². The van der Waals surface area contributed by atoms with E-state index in [1.165, 1.54) is 7.11 Å². The molecule has 0 heterocycles. The first-order valence-corrected chi connectivity index (χ1v) is 6.29. The van der Waals surface area contributed by atoms with Crippen molar-refractivity contribution in [2.75, 3.05) is 20.3 Å². The maximum absolute atomic E-state index is 12.0. The van der Waals surface area contributed by atoms with Crippen LogP contribution in [0, 0.1) is 0 Å². The number of benzene rings is 1. The quantitative estimate of drug-likeness (QED) is 0.825. The van der Waals surface area contributed by atoms with Crippen molar-refractivity contribution >= 4 is 23.4 Å². The number of carbonyl (C=O) groups is 2. The highest BCUT2D eigenvalue weighted by Gasteiger charge is 2.20. The summed E-state index contributed by atoms with van der Waals surface area (Å²) in [4.78, 5) is 23.7. The number of rotatable bonds is 6. The fourth-order valence-corrected chi connectivity index (χ4v) is 1.62. The highest BCUT2D eigenvalue weighted by atomic mass is 35.5. The zero-order chi connectivity index (χ0) is 14.3. The molecule has 1 aromatic rings. The van der Waals surface area contributed by atoms with Crippen molar-refractivity contribution in [1.29, 1.82) is 0 Å². The molecule has 5 nitrogen and oxygen atoms in total. The van der Waals surface area contributed by atoms with Gasteiger partial charge in [-0.25, -0.2) is 0 Å². The highest BCUT2D eigenvalue weighted by molar-refractivity contribution is 6.30. The minimum Gasteiger partial charge on any atom is -0.382 e. The van der Waals surface area contributed by atoms with Gasteiger partial charge in [-0.3, -0.25) is 9.59 Å². The second-order valence-electron chi connectivity index (χ2n) is 3.88. The minimum absolute atomic E-state index is 0.116. The van der Waals surface area contributed by atoms with Gasteiger partial charge in [-0.1, -0.05) is 11.6 Å². The average Bonchev–Trinajstić information content (AvgIpc) is 2.39. The fraction of sp³-hybridized carbons (Fsp3) is 0.385. The van der Waals surface area contributed by atoms with Crippen molar-refractivity contribution in [3.8, 4) is 0 Å². The summed E-state index contributed by atoms with van der Waals surface area (Å²) in [7, 11) is 1.47. The van der Waals surface area contributed by atoms with Crippen molar-refractivity contribution in [3.05, 3.63) is 34.9 Å². The molecule has 0 saturated carbocycles. The van der Waals surface area contributed by atoms with Gasteiger partial charge in [0.05, 0.1) is 6.61 Å². The van der Waals surface area contributed by atoms with Gasteiger partial charge in [0.1, 0.15) is 6.04 Å². The Morgan fingerprint density at radius 1 is 1.32 bits per heavy atom. The predicted octanol–water partition coefficient (Wildman–Crippen LogP) is 1.22. The summed E-state index contributed by atoms with van der Waals surface area (Å²) in [5.41, 5.74) is 0.440. The predicted molar refractivity (Wildman–Crippen MR) is 73.3 cm³/mol. The molecule has 0 bridgehead atoms. The van der Waals surface area contributed by atoms with Gasteiger partial charge >= 0.3 is 0 Å². The van der Waals surface area contributed by atoms with Gasteiger partial charge in [0, 0.05) is 24.2 Å². The van der Waals surface area contributed by atoms with E-state index >= 15 is 0 Å². The van der Waals surface area contributed by atoms with Gasteiger partial charge < -0.3 is 15.4 Å². The molecule has 0 aliphatic heterocycles. The van der Waals surface area contributed by atoms with Gasteiger partial charge in [-0.2, -0.15) is 0 Å². The molecule has 104 valence electrons. The molecule has 1 aromatic carbocycles. The monoisotopic (exact) mass is 284 g/mol. The van der Waals surface area contributed by atoms with Crippen LogP contribution in [-0.4, -0.2) is 38.1 Å². The topological polar surface area (TPSA) is 67.4 Å². The maximum atomic E-state index is 12.0. The molecule has 0 spiro atoms. The molecule has 0 aliphatic rings. The van der Waals surface area contributed by atoms with Crippen molar-refractivity contribution < 1.29 is 14.3 Å². The summed E-state index contributed by atoms with van der Waals surface area (Å²) in [5, 5.41) is 5.81. The molecule has 0 fully saturated rings. The van der Waals surface area contributed by atoms with Crippen molar-refractivity contribution in [1.82, 2.24) is 10.6 Å². The number of amides is 2. The summed E-state index contributed by atoms with van der Waals surface area (Å²) in [6.07, 6.45) is 0. The Kier molecular flexibility index (Phi) is 6.32. The van der Waals surface area contributed by atoms with E-state index in [0.29, 0.717) is 17.1 Å². The van der Waals surface area contributed by atoms with Crippen LogP contribution in [0.5, 0.6) is 0 Å². The molecule has 0 unspecified atom stereocenters. The second-order valence-corrected chi connectivity index (χ2v) is 4.32. The zero-order valence-corrected chi connectivity index (χ0v) is 11.7. The summed E-state index contributed by atoms with van der Waals surface area (Å²) in [6.45, 7) is 2.42. The number of likely N-dealkylation sites (N-methyl/N-ethyl adjacent to an activating group) is 1. The van der Waals surface area contributed by atoms with E-state index in [1.807, 2.05) is 6.92 Å². The number of halogens is 1. The van der Waals surface area contributed by atoms with E-state index in [4.69, 9.17) is 16.3 Å². The van der Waals surface area contributed by atoms with E-state index in [2.05, 4.69) is 10.6 Å². The molecule has 2 N–H and O–H groups in total. The lowest BCUT2D eigenvalue weighted by Crippen LogP contribution is -2.49. The third-order valence-corrected chi connectivity index (χ3v) is 2.66. The van der Waals surface area contributed by atoms with E-state index in [1.54, 1.807) is 24.3 Å².